The molecular formula is C19H19NO3S. The summed E-state index contributed by atoms with van der Waals surface area (Å²) in [5.74, 6) is 0.121. The number of amides is 1. The van der Waals surface area contributed by atoms with E-state index >= 15 is 0 Å². The summed E-state index contributed by atoms with van der Waals surface area (Å²) in [6.07, 6.45) is 1.24. The second-order valence-corrected chi connectivity index (χ2v) is 6.91. The minimum Gasteiger partial charge on any atom is -0.478 e. The third kappa shape index (κ3) is 3.79. The second-order valence-electron chi connectivity index (χ2n) is 5.72. The monoisotopic (exact) mass is 341 g/mol. The third-order valence-corrected chi connectivity index (χ3v) is 5.39. The first-order valence-electron chi connectivity index (χ1n) is 7.93. The van der Waals surface area contributed by atoms with E-state index in [2.05, 4.69) is 0 Å². The van der Waals surface area contributed by atoms with E-state index in [4.69, 9.17) is 5.11 Å². The summed E-state index contributed by atoms with van der Waals surface area (Å²) in [5, 5.41) is 8.97. The van der Waals surface area contributed by atoms with Gasteiger partial charge in [-0.15, -0.1) is 11.8 Å². The Morgan fingerprint density at radius 3 is 2.46 bits per heavy atom. The Hall–Kier alpha value is -2.27. The van der Waals surface area contributed by atoms with Crippen LogP contribution in [0.2, 0.25) is 0 Å². The first-order chi connectivity index (χ1) is 11.6. The lowest BCUT2D eigenvalue weighted by molar-refractivity contribution is -0.131. The summed E-state index contributed by atoms with van der Waals surface area (Å²) >= 11 is 1.73. The Kier molecular flexibility index (Phi) is 5.20. The van der Waals surface area contributed by atoms with Crippen molar-refractivity contribution in [3.8, 4) is 0 Å². The van der Waals surface area contributed by atoms with Crippen molar-refractivity contribution in [3.05, 3.63) is 71.3 Å². The van der Waals surface area contributed by atoms with Gasteiger partial charge in [-0.1, -0.05) is 42.5 Å². The largest absolute Gasteiger partial charge is 0.478 e. The highest BCUT2D eigenvalue weighted by Gasteiger charge is 2.30. The minimum absolute atomic E-state index is 0.0175. The van der Waals surface area contributed by atoms with Gasteiger partial charge in [-0.25, -0.2) is 4.79 Å². The van der Waals surface area contributed by atoms with Crippen molar-refractivity contribution in [2.24, 2.45) is 0 Å². The summed E-state index contributed by atoms with van der Waals surface area (Å²) in [4.78, 5) is 25.5. The number of hydrogen-bond acceptors (Lipinski definition) is 3. The SMILES string of the molecule is O=C(O)c1ccc([C@H]2SCCN2C(=O)CCc2ccccc2)cc1. The molecule has 4 nitrogen and oxygen atoms in total. The van der Waals surface area contributed by atoms with Crippen LogP contribution in [0.15, 0.2) is 54.6 Å². The molecule has 1 saturated heterocycles. The Balaban J connectivity index is 1.66. The van der Waals surface area contributed by atoms with E-state index in [1.807, 2.05) is 47.4 Å². The zero-order valence-corrected chi connectivity index (χ0v) is 14.0. The van der Waals surface area contributed by atoms with Crippen LogP contribution in [-0.4, -0.2) is 34.2 Å². The van der Waals surface area contributed by atoms with E-state index in [0.717, 1.165) is 24.3 Å². The van der Waals surface area contributed by atoms with Crippen LogP contribution in [0.5, 0.6) is 0 Å². The molecule has 2 aromatic rings. The van der Waals surface area contributed by atoms with Gasteiger partial charge >= 0.3 is 5.97 Å². The number of rotatable bonds is 5. The number of nitrogens with zero attached hydrogens (tertiary/aromatic N) is 1. The summed E-state index contributed by atoms with van der Waals surface area (Å²) in [5.41, 5.74) is 2.42. The van der Waals surface area contributed by atoms with Crippen LogP contribution in [0.3, 0.4) is 0 Å². The van der Waals surface area contributed by atoms with Gasteiger partial charge in [-0.05, 0) is 29.7 Å². The number of carboxylic acid groups (broad SMARTS) is 1. The molecule has 3 rings (SSSR count). The number of benzene rings is 2. The lowest BCUT2D eigenvalue weighted by atomic mass is 10.1. The lowest BCUT2D eigenvalue weighted by Gasteiger charge is -2.24. The molecule has 0 bridgehead atoms. The van der Waals surface area contributed by atoms with Crippen molar-refractivity contribution < 1.29 is 14.7 Å². The van der Waals surface area contributed by atoms with Crippen molar-refractivity contribution in [1.29, 1.82) is 0 Å². The lowest BCUT2D eigenvalue weighted by Crippen LogP contribution is -2.30. The fourth-order valence-electron chi connectivity index (χ4n) is 2.83. The Labute approximate surface area is 145 Å². The highest BCUT2D eigenvalue weighted by atomic mass is 32.2. The molecule has 0 aromatic heterocycles. The van der Waals surface area contributed by atoms with Gasteiger partial charge in [0.15, 0.2) is 0 Å². The van der Waals surface area contributed by atoms with E-state index in [9.17, 15) is 9.59 Å². The molecule has 0 unspecified atom stereocenters. The van der Waals surface area contributed by atoms with E-state index in [1.165, 1.54) is 5.56 Å². The Morgan fingerprint density at radius 1 is 1.08 bits per heavy atom. The van der Waals surface area contributed by atoms with Gasteiger partial charge in [-0.3, -0.25) is 4.79 Å². The topological polar surface area (TPSA) is 57.6 Å². The quantitative estimate of drug-likeness (QED) is 0.903. The predicted octanol–water partition coefficient (Wildman–Crippen LogP) is 3.59. The molecule has 1 atom stereocenters. The molecule has 1 amide bonds. The molecule has 1 aliphatic rings. The van der Waals surface area contributed by atoms with Gasteiger partial charge in [-0.2, -0.15) is 0 Å². The van der Waals surface area contributed by atoms with Gasteiger partial charge in [0.25, 0.3) is 0 Å². The van der Waals surface area contributed by atoms with Crippen molar-refractivity contribution in [2.75, 3.05) is 12.3 Å². The van der Waals surface area contributed by atoms with Gasteiger partial charge < -0.3 is 10.0 Å². The van der Waals surface area contributed by atoms with Crippen LogP contribution in [0.4, 0.5) is 0 Å². The summed E-state index contributed by atoms with van der Waals surface area (Å²) in [6.45, 7) is 0.740. The van der Waals surface area contributed by atoms with E-state index in [0.29, 0.717) is 6.42 Å². The molecule has 0 aliphatic carbocycles. The number of carbonyl (C=O) groups is 2. The number of aromatic carboxylic acids is 1. The number of aryl methyl sites for hydroxylation is 1. The van der Waals surface area contributed by atoms with Crippen LogP contribution >= 0.6 is 11.8 Å². The smallest absolute Gasteiger partial charge is 0.335 e. The molecule has 1 heterocycles. The van der Waals surface area contributed by atoms with Crippen molar-refractivity contribution in [3.63, 3.8) is 0 Å². The Morgan fingerprint density at radius 2 is 1.79 bits per heavy atom. The highest BCUT2D eigenvalue weighted by molar-refractivity contribution is 7.99. The molecule has 0 saturated carbocycles. The predicted molar refractivity (Wildman–Crippen MR) is 95.1 cm³/mol. The van der Waals surface area contributed by atoms with Crippen molar-refractivity contribution in [1.82, 2.24) is 4.90 Å². The molecule has 0 spiro atoms. The summed E-state index contributed by atoms with van der Waals surface area (Å²) < 4.78 is 0. The molecule has 0 radical (unpaired) electrons. The summed E-state index contributed by atoms with van der Waals surface area (Å²) in [6, 6.07) is 16.8. The number of carboxylic acids is 1. The maximum Gasteiger partial charge on any atom is 0.335 e. The maximum absolute atomic E-state index is 12.6. The molecule has 124 valence electrons. The minimum atomic E-state index is -0.934. The van der Waals surface area contributed by atoms with Gasteiger partial charge in [0.2, 0.25) is 5.91 Å². The van der Waals surface area contributed by atoms with Crippen LogP contribution in [0, 0.1) is 0 Å². The van der Waals surface area contributed by atoms with E-state index < -0.39 is 5.97 Å². The van der Waals surface area contributed by atoms with Gasteiger partial charge in [0.1, 0.15) is 5.37 Å². The molecule has 1 fully saturated rings. The number of carbonyl (C=O) groups excluding carboxylic acids is 1. The molecule has 2 aromatic carbocycles. The van der Waals surface area contributed by atoms with E-state index in [-0.39, 0.29) is 16.8 Å². The molecular weight excluding hydrogens is 322 g/mol. The molecule has 5 heteroatoms. The van der Waals surface area contributed by atoms with Crippen LogP contribution in [0.25, 0.3) is 0 Å². The van der Waals surface area contributed by atoms with Crippen LogP contribution in [-0.2, 0) is 11.2 Å². The van der Waals surface area contributed by atoms with Crippen molar-refractivity contribution in [2.45, 2.75) is 18.2 Å². The fraction of sp³-hybridized carbons (Fsp3) is 0.263. The average molecular weight is 341 g/mol. The fourth-order valence-corrected chi connectivity index (χ4v) is 4.11. The third-order valence-electron chi connectivity index (χ3n) is 4.12. The van der Waals surface area contributed by atoms with Gasteiger partial charge in [0.05, 0.1) is 5.56 Å². The number of thioether (sulfide) groups is 1. The maximum atomic E-state index is 12.6. The first kappa shape index (κ1) is 16.6. The number of hydrogen-bond donors (Lipinski definition) is 1. The molecule has 1 N–H and O–H groups in total. The normalized spacial score (nSPS) is 17.0. The highest BCUT2D eigenvalue weighted by Crippen LogP contribution is 2.38. The molecule has 24 heavy (non-hydrogen) atoms. The average Bonchev–Trinajstić information content (AvgIpc) is 3.10. The van der Waals surface area contributed by atoms with Crippen molar-refractivity contribution >= 4 is 23.6 Å². The zero-order chi connectivity index (χ0) is 16.9. The molecule has 1 aliphatic heterocycles. The second kappa shape index (κ2) is 7.53. The van der Waals surface area contributed by atoms with Crippen LogP contribution in [0.1, 0.15) is 33.3 Å². The van der Waals surface area contributed by atoms with E-state index in [1.54, 1.807) is 23.9 Å². The van der Waals surface area contributed by atoms with Gasteiger partial charge in [0, 0.05) is 18.7 Å². The zero-order valence-electron chi connectivity index (χ0n) is 13.2. The Bertz CT molecular complexity index is 715. The van der Waals surface area contributed by atoms with Crippen LogP contribution < -0.4 is 0 Å². The summed E-state index contributed by atoms with van der Waals surface area (Å²) in [7, 11) is 0. The first-order valence-corrected chi connectivity index (χ1v) is 8.98. The standard InChI is InChI=1S/C19H19NO3S/c21-17(11-6-14-4-2-1-3-5-14)20-12-13-24-18(20)15-7-9-16(10-8-15)19(22)23/h1-5,7-10,18H,6,11-13H2,(H,22,23)/t18-/m1/s1.